The highest BCUT2D eigenvalue weighted by Gasteiger charge is 2.19. The Hall–Kier alpha value is -3.41. The maximum atomic E-state index is 12.9. The Bertz CT molecular complexity index is 1520. The maximum Gasteiger partial charge on any atom is 0.306 e. The number of hydrogen-bond donors (Lipinski definition) is 0. The van der Waals surface area contributed by atoms with Gasteiger partial charge in [0, 0.05) is 19.3 Å². The van der Waals surface area contributed by atoms with Gasteiger partial charge in [-0.15, -0.1) is 0 Å². The molecule has 0 heterocycles. The first-order valence-corrected chi connectivity index (χ1v) is 34.6. The Balaban J connectivity index is 4.15. The SMILES string of the molecule is CC/C=C\C/C=C\C/C=C\CCCCCC(=O)OCC(COC(=O)CCCCCCCCCCCCCCCCCCCCCCC/C=C\C/C=C\CCCCCCC)OC(=O)CCCCCCC/C=C\C/C=C\CCCCCC. The van der Waals surface area contributed by atoms with E-state index >= 15 is 0 Å². The largest absolute Gasteiger partial charge is 0.462 e. The summed E-state index contributed by atoms with van der Waals surface area (Å²) in [5, 5.41) is 0. The molecule has 0 saturated carbocycles. The lowest BCUT2D eigenvalue weighted by molar-refractivity contribution is -0.167. The van der Waals surface area contributed by atoms with Crippen molar-refractivity contribution in [3.05, 3.63) is 85.1 Å². The van der Waals surface area contributed by atoms with Crippen molar-refractivity contribution in [1.82, 2.24) is 0 Å². The smallest absolute Gasteiger partial charge is 0.306 e. The Morgan fingerprint density at radius 3 is 0.787 bits per heavy atom. The quantitative estimate of drug-likeness (QED) is 0.0261. The van der Waals surface area contributed by atoms with Crippen molar-refractivity contribution < 1.29 is 28.6 Å². The van der Waals surface area contributed by atoms with E-state index in [1.54, 1.807) is 0 Å². The highest BCUT2D eigenvalue weighted by Crippen LogP contribution is 2.17. The predicted molar refractivity (Wildman–Crippen MR) is 348 cm³/mol. The third-order valence-electron chi connectivity index (χ3n) is 15.1. The van der Waals surface area contributed by atoms with Crippen LogP contribution >= 0.6 is 0 Å². The second-order valence-electron chi connectivity index (χ2n) is 23.1. The van der Waals surface area contributed by atoms with Crippen LogP contribution in [0.1, 0.15) is 348 Å². The minimum Gasteiger partial charge on any atom is -0.462 e. The predicted octanol–water partition coefficient (Wildman–Crippen LogP) is 23.8. The molecular weight excluding hydrogens is 985 g/mol. The van der Waals surface area contributed by atoms with E-state index in [2.05, 4.69) is 106 Å². The molecule has 0 radical (unpaired) electrons. The van der Waals surface area contributed by atoms with Crippen molar-refractivity contribution in [2.24, 2.45) is 0 Å². The van der Waals surface area contributed by atoms with Gasteiger partial charge in [-0.25, -0.2) is 0 Å². The molecule has 1 atom stereocenters. The maximum absolute atomic E-state index is 12.9. The standard InChI is InChI=1S/C74H130O6/c1-4-7-10-13-16-19-22-25-27-29-30-31-32-33-34-35-36-37-38-39-40-41-42-43-44-45-47-49-52-55-58-61-64-67-73(76)79-70-71(69-78-72(75)66-63-60-57-54-51-48-24-21-18-15-12-9-6-3)80-74(77)68-65-62-59-56-53-50-46-28-26-23-20-17-14-11-8-5-2/h9,12,18,20-23,25,28-30,46,48,51,71H,4-8,10-11,13-17,19,24,26-27,31-45,47,49-50,52-70H2,1-3H3/b12-9-,21-18-,23-20-,25-22-,30-29-,46-28-,51-48-. The summed E-state index contributed by atoms with van der Waals surface area (Å²) in [6.45, 7) is 6.50. The van der Waals surface area contributed by atoms with Gasteiger partial charge in [0.25, 0.3) is 0 Å². The third-order valence-corrected chi connectivity index (χ3v) is 15.1. The fourth-order valence-corrected chi connectivity index (χ4v) is 9.93. The van der Waals surface area contributed by atoms with E-state index in [1.165, 1.54) is 193 Å². The average molecular weight is 1120 g/mol. The van der Waals surface area contributed by atoms with E-state index in [-0.39, 0.29) is 31.1 Å². The number of esters is 3. The molecule has 0 aliphatic heterocycles. The normalized spacial score (nSPS) is 12.6. The van der Waals surface area contributed by atoms with Gasteiger partial charge in [-0.1, -0.05) is 298 Å². The van der Waals surface area contributed by atoms with Crippen molar-refractivity contribution in [2.75, 3.05) is 13.2 Å². The van der Waals surface area contributed by atoms with Crippen LogP contribution in [-0.4, -0.2) is 37.2 Å². The Morgan fingerprint density at radius 2 is 0.487 bits per heavy atom. The van der Waals surface area contributed by atoms with E-state index < -0.39 is 6.10 Å². The molecule has 1 unspecified atom stereocenters. The molecule has 0 fully saturated rings. The highest BCUT2D eigenvalue weighted by molar-refractivity contribution is 5.71. The summed E-state index contributed by atoms with van der Waals surface area (Å²) in [5.74, 6) is -0.920. The molecule has 80 heavy (non-hydrogen) atoms. The lowest BCUT2D eigenvalue weighted by Crippen LogP contribution is -2.30. The van der Waals surface area contributed by atoms with Crippen LogP contribution in [0.4, 0.5) is 0 Å². The summed E-state index contributed by atoms with van der Waals surface area (Å²) >= 11 is 0. The van der Waals surface area contributed by atoms with Crippen LogP contribution in [0.15, 0.2) is 85.1 Å². The van der Waals surface area contributed by atoms with Gasteiger partial charge < -0.3 is 14.2 Å². The number of carbonyl (C=O) groups is 3. The van der Waals surface area contributed by atoms with Gasteiger partial charge >= 0.3 is 17.9 Å². The van der Waals surface area contributed by atoms with Gasteiger partial charge in [0.2, 0.25) is 0 Å². The minimum absolute atomic E-state index is 0.0890. The Morgan fingerprint density at radius 1 is 0.263 bits per heavy atom. The van der Waals surface area contributed by atoms with Crippen LogP contribution in [0.5, 0.6) is 0 Å². The van der Waals surface area contributed by atoms with Crippen LogP contribution in [0.2, 0.25) is 0 Å². The highest BCUT2D eigenvalue weighted by atomic mass is 16.6. The van der Waals surface area contributed by atoms with Crippen molar-refractivity contribution in [3.63, 3.8) is 0 Å². The van der Waals surface area contributed by atoms with E-state index in [4.69, 9.17) is 14.2 Å². The summed E-state index contributed by atoms with van der Waals surface area (Å²) in [5.41, 5.74) is 0. The van der Waals surface area contributed by atoms with E-state index in [9.17, 15) is 14.4 Å². The number of ether oxygens (including phenoxy) is 3. The zero-order valence-electron chi connectivity index (χ0n) is 53.1. The summed E-state index contributed by atoms with van der Waals surface area (Å²) in [6, 6.07) is 0. The van der Waals surface area contributed by atoms with Crippen LogP contribution in [-0.2, 0) is 28.6 Å². The van der Waals surface area contributed by atoms with Gasteiger partial charge in [-0.3, -0.25) is 14.4 Å². The molecule has 0 saturated heterocycles. The molecule has 6 nitrogen and oxygen atoms in total. The third kappa shape index (κ3) is 65.4. The summed E-state index contributed by atoms with van der Waals surface area (Å²) in [7, 11) is 0. The van der Waals surface area contributed by atoms with Crippen LogP contribution < -0.4 is 0 Å². The molecule has 462 valence electrons. The number of unbranched alkanes of at least 4 members (excludes halogenated alkanes) is 38. The first kappa shape index (κ1) is 76.6. The molecule has 0 aliphatic rings. The number of carbonyl (C=O) groups excluding carboxylic acids is 3. The Kier molecular flexibility index (Phi) is 65.2. The van der Waals surface area contributed by atoms with E-state index in [0.717, 1.165) is 116 Å². The van der Waals surface area contributed by atoms with Crippen molar-refractivity contribution in [3.8, 4) is 0 Å². The first-order valence-electron chi connectivity index (χ1n) is 34.6. The van der Waals surface area contributed by atoms with Crippen LogP contribution in [0.25, 0.3) is 0 Å². The molecule has 0 bridgehead atoms. The zero-order chi connectivity index (χ0) is 57.8. The van der Waals surface area contributed by atoms with Crippen molar-refractivity contribution >= 4 is 17.9 Å². The molecule has 0 aliphatic carbocycles. The summed E-state index contributed by atoms with van der Waals surface area (Å²) < 4.78 is 16.9. The second kappa shape index (κ2) is 68.1. The fraction of sp³-hybridized carbons (Fsp3) is 0.770. The lowest BCUT2D eigenvalue weighted by Gasteiger charge is -2.18. The summed E-state index contributed by atoms with van der Waals surface area (Å²) in [6.07, 6.45) is 90.6. The van der Waals surface area contributed by atoms with Crippen LogP contribution in [0, 0.1) is 0 Å². The van der Waals surface area contributed by atoms with Gasteiger partial charge in [-0.05, 0) is 116 Å². The molecule has 0 rings (SSSR count). The van der Waals surface area contributed by atoms with Gasteiger partial charge in [0.05, 0.1) is 0 Å². The lowest BCUT2D eigenvalue weighted by atomic mass is 10.0. The fourth-order valence-electron chi connectivity index (χ4n) is 9.93. The molecule has 0 aromatic rings. The minimum atomic E-state index is -0.796. The molecule has 0 aromatic carbocycles. The van der Waals surface area contributed by atoms with E-state index in [1.807, 2.05) is 0 Å². The van der Waals surface area contributed by atoms with Gasteiger partial charge in [0.1, 0.15) is 13.2 Å². The van der Waals surface area contributed by atoms with Gasteiger partial charge in [-0.2, -0.15) is 0 Å². The number of allylic oxidation sites excluding steroid dienone is 14. The second-order valence-corrected chi connectivity index (χ2v) is 23.1. The topological polar surface area (TPSA) is 78.9 Å². The van der Waals surface area contributed by atoms with Crippen LogP contribution in [0.3, 0.4) is 0 Å². The molecule has 6 heteroatoms. The zero-order valence-corrected chi connectivity index (χ0v) is 53.1. The van der Waals surface area contributed by atoms with Crippen molar-refractivity contribution in [1.29, 1.82) is 0 Å². The Labute approximate surface area is 496 Å². The first-order chi connectivity index (χ1) is 39.5. The summed E-state index contributed by atoms with van der Waals surface area (Å²) in [4.78, 5) is 38.3. The van der Waals surface area contributed by atoms with Gasteiger partial charge in [0.15, 0.2) is 6.10 Å². The average Bonchev–Trinajstić information content (AvgIpc) is 3.46. The molecular formula is C74H130O6. The molecule has 0 amide bonds. The number of rotatable bonds is 63. The molecule has 0 aromatic heterocycles. The van der Waals surface area contributed by atoms with E-state index in [0.29, 0.717) is 19.3 Å². The monoisotopic (exact) mass is 1110 g/mol. The molecule has 0 spiro atoms. The van der Waals surface area contributed by atoms with Crippen molar-refractivity contribution in [2.45, 2.75) is 354 Å². The number of hydrogen-bond acceptors (Lipinski definition) is 6. The molecule has 0 N–H and O–H groups in total.